The SMILES string of the molecule is CCCCc1sc(CCCC)c(P(C2CCCC2)C2CCCC2)c1P(C1CCCC1)C1CCCC1. The van der Waals surface area contributed by atoms with Gasteiger partial charge in [0.15, 0.2) is 0 Å². The lowest BCUT2D eigenvalue weighted by Gasteiger charge is -2.37. The van der Waals surface area contributed by atoms with Crippen LogP contribution in [0.5, 0.6) is 0 Å². The van der Waals surface area contributed by atoms with Gasteiger partial charge in [-0.3, -0.25) is 0 Å². The molecule has 4 aliphatic rings. The Labute approximate surface area is 224 Å². The lowest BCUT2D eigenvalue weighted by Crippen LogP contribution is -2.34. The molecule has 0 atom stereocenters. The Balaban J connectivity index is 1.65. The van der Waals surface area contributed by atoms with Gasteiger partial charge in [-0.15, -0.1) is 11.3 Å². The number of aryl methyl sites for hydroxylation is 2. The van der Waals surface area contributed by atoms with Gasteiger partial charge in [0.2, 0.25) is 0 Å². The first-order valence-corrected chi connectivity index (χ1v) is 19.8. The van der Waals surface area contributed by atoms with Gasteiger partial charge in [-0.2, -0.15) is 0 Å². The summed E-state index contributed by atoms with van der Waals surface area (Å²) in [6.45, 7) is 4.85. The average Bonchev–Trinajstić information content (AvgIpc) is 3.70. The van der Waals surface area contributed by atoms with Crippen LogP contribution in [0, 0.1) is 0 Å². The van der Waals surface area contributed by atoms with E-state index in [2.05, 4.69) is 35.8 Å². The zero-order valence-corrected chi connectivity index (χ0v) is 25.8. The molecule has 0 N–H and O–H groups in total. The Morgan fingerprint density at radius 1 is 0.514 bits per heavy atom. The van der Waals surface area contributed by atoms with Crippen LogP contribution in [-0.4, -0.2) is 22.6 Å². The summed E-state index contributed by atoms with van der Waals surface area (Å²) in [5.74, 6) is 0. The second-order valence-electron chi connectivity index (χ2n) is 12.4. The van der Waals surface area contributed by atoms with Crippen LogP contribution >= 0.6 is 27.2 Å². The van der Waals surface area contributed by atoms with E-state index in [4.69, 9.17) is 0 Å². The molecular formula is C32H54P2S. The van der Waals surface area contributed by atoms with Gasteiger partial charge in [-0.25, -0.2) is 0 Å². The quantitative estimate of drug-likeness (QED) is 0.235. The summed E-state index contributed by atoms with van der Waals surface area (Å²) in [7, 11) is 0.110. The minimum atomic E-state index is 0.0551. The first kappa shape index (κ1) is 27.1. The number of hydrogen-bond acceptors (Lipinski definition) is 1. The molecule has 0 bridgehead atoms. The van der Waals surface area contributed by atoms with E-state index >= 15 is 0 Å². The molecule has 35 heavy (non-hydrogen) atoms. The lowest BCUT2D eigenvalue weighted by atomic mass is 10.2. The van der Waals surface area contributed by atoms with Gasteiger partial charge in [-0.1, -0.05) is 93.9 Å². The zero-order chi connectivity index (χ0) is 24.0. The Kier molecular flexibility index (Phi) is 10.5. The van der Waals surface area contributed by atoms with Crippen molar-refractivity contribution in [2.24, 2.45) is 0 Å². The number of unbranched alkanes of at least 4 members (excludes halogenated alkanes) is 2. The van der Waals surface area contributed by atoms with E-state index in [9.17, 15) is 0 Å². The topological polar surface area (TPSA) is 0 Å². The fourth-order valence-electron chi connectivity index (χ4n) is 8.11. The Hall–Kier alpha value is 0.560. The zero-order valence-electron chi connectivity index (χ0n) is 23.2. The summed E-state index contributed by atoms with van der Waals surface area (Å²) in [4.78, 5) is 3.89. The van der Waals surface area contributed by atoms with Gasteiger partial charge in [0.25, 0.3) is 0 Å². The molecule has 1 aromatic heterocycles. The second-order valence-corrected chi connectivity index (χ2v) is 19.1. The molecule has 3 heteroatoms. The van der Waals surface area contributed by atoms with Crippen molar-refractivity contribution in [2.75, 3.05) is 0 Å². The molecule has 0 amide bonds. The van der Waals surface area contributed by atoms with E-state index < -0.39 is 0 Å². The molecule has 4 saturated carbocycles. The molecule has 198 valence electrons. The van der Waals surface area contributed by atoms with Crippen LogP contribution < -0.4 is 10.6 Å². The summed E-state index contributed by atoms with van der Waals surface area (Å²) < 4.78 is 0. The molecule has 0 aromatic carbocycles. The first-order chi connectivity index (χ1) is 17.3. The summed E-state index contributed by atoms with van der Waals surface area (Å²) in [5, 5.41) is 4.27. The average molecular weight is 533 g/mol. The van der Waals surface area contributed by atoms with Crippen molar-refractivity contribution in [3.05, 3.63) is 9.75 Å². The lowest BCUT2D eigenvalue weighted by molar-refractivity contribution is 0.803. The molecule has 0 unspecified atom stereocenters. The number of hydrogen-bond donors (Lipinski definition) is 0. The van der Waals surface area contributed by atoms with E-state index in [1.54, 1.807) is 51.4 Å². The maximum atomic E-state index is 2.42. The van der Waals surface area contributed by atoms with Gasteiger partial charge in [-0.05, 0) is 110 Å². The maximum absolute atomic E-state index is 2.42. The fraction of sp³-hybridized carbons (Fsp3) is 0.875. The third-order valence-corrected chi connectivity index (χ3v) is 18.9. The van der Waals surface area contributed by atoms with Crippen molar-refractivity contribution >= 4 is 37.8 Å². The van der Waals surface area contributed by atoms with Gasteiger partial charge >= 0.3 is 0 Å². The molecule has 4 aliphatic carbocycles. The largest absolute Gasteiger partial charge is 0.144 e. The fourth-order valence-corrected chi connectivity index (χ4v) is 18.9. The summed E-state index contributed by atoms with van der Waals surface area (Å²) in [5.41, 5.74) is 4.30. The van der Waals surface area contributed by atoms with Crippen LogP contribution in [0.4, 0.5) is 0 Å². The van der Waals surface area contributed by atoms with Crippen LogP contribution in [-0.2, 0) is 12.8 Å². The molecular weight excluding hydrogens is 478 g/mol. The monoisotopic (exact) mass is 532 g/mol. The molecule has 0 spiro atoms. The highest BCUT2D eigenvalue weighted by atomic mass is 32.1. The number of thiophene rings is 1. The van der Waals surface area contributed by atoms with Crippen molar-refractivity contribution < 1.29 is 0 Å². The predicted molar refractivity (Wildman–Crippen MR) is 164 cm³/mol. The third-order valence-electron chi connectivity index (χ3n) is 9.90. The molecule has 5 rings (SSSR count). The predicted octanol–water partition coefficient (Wildman–Crippen LogP) is 10.4. The van der Waals surface area contributed by atoms with Gasteiger partial charge in [0, 0.05) is 9.75 Å². The van der Waals surface area contributed by atoms with Crippen LogP contribution in [0.3, 0.4) is 0 Å². The van der Waals surface area contributed by atoms with E-state index in [1.165, 1.54) is 89.9 Å². The van der Waals surface area contributed by atoms with Gasteiger partial charge in [0.05, 0.1) is 0 Å². The van der Waals surface area contributed by atoms with Crippen molar-refractivity contribution in [3.63, 3.8) is 0 Å². The maximum Gasteiger partial charge on any atom is 0.0132 e. The summed E-state index contributed by atoms with van der Waals surface area (Å²) >= 11 is 2.39. The smallest absolute Gasteiger partial charge is 0.0132 e. The Bertz CT molecular complexity index is 666. The minimum absolute atomic E-state index is 0.0551. The molecule has 0 radical (unpaired) electrons. The van der Waals surface area contributed by atoms with Gasteiger partial charge in [0.1, 0.15) is 0 Å². The first-order valence-electron chi connectivity index (χ1n) is 16.0. The van der Waals surface area contributed by atoms with Crippen molar-refractivity contribution in [1.29, 1.82) is 0 Å². The third kappa shape index (κ3) is 6.25. The van der Waals surface area contributed by atoms with Crippen LogP contribution in [0.25, 0.3) is 0 Å². The normalized spacial score (nSPS) is 23.2. The molecule has 1 aromatic rings. The van der Waals surface area contributed by atoms with E-state index in [1.807, 2.05) is 9.75 Å². The van der Waals surface area contributed by atoms with Crippen molar-refractivity contribution in [1.82, 2.24) is 0 Å². The van der Waals surface area contributed by atoms with Crippen molar-refractivity contribution in [2.45, 2.75) is 178 Å². The highest BCUT2D eigenvalue weighted by molar-refractivity contribution is 7.74. The molecule has 0 saturated heterocycles. The van der Waals surface area contributed by atoms with Crippen LogP contribution in [0.1, 0.15) is 152 Å². The summed E-state index contributed by atoms with van der Waals surface area (Å²) in [6.07, 6.45) is 33.2. The van der Waals surface area contributed by atoms with E-state index in [-0.39, 0.29) is 15.8 Å². The number of rotatable bonds is 12. The standard InChI is InChI=1S/C32H54P2S/c1-3-5-23-29-31(33(25-15-7-8-16-25)26-17-9-10-18-26)32(30(35-29)24-6-4-2)34(27-19-11-12-20-27)28-21-13-14-22-28/h25-28H,3-24H2,1-2H3. The molecule has 1 heterocycles. The van der Waals surface area contributed by atoms with Gasteiger partial charge < -0.3 is 0 Å². The highest BCUT2D eigenvalue weighted by Crippen LogP contribution is 2.62. The Morgan fingerprint density at radius 3 is 1.06 bits per heavy atom. The molecule has 0 nitrogen and oxygen atoms in total. The summed E-state index contributed by atoms with van der Waals surface area (Å²) in [6, 6.07) is 0. The molecule has 4 fully saturated rings. The van der Waals surface area contributed by atoms with E-state index in [0.717, 1.165) is 22.6 Å². The van der Waals surface area contributed by atoms with Crippen LogP contribution in [0.15, 0.2) is 0 Å². The second kappa shape index (κ2) is 13.6. The molecule has 0 aliphatic heterocycles. The van der Waals surface area contributed by atoms with E-state index in [0.29, 0.717) is 0 Å². The van der Waals surface area contributed by atoms with Crippen LogP contribution in [0.2, 0.25) is 0 Å². The minimum Gasteiger partial charge on any atom is -0.144 e. The Morgan fingerprint density at radius 2 is 0.800 bits per heavy atom. The highest BCUT2D eigenvalue weighted by Gasteiger charge is 2.43. The van der Waals surface area contributed by atoms with Crippen molar-refractivity contribution in [3.8, 4) is 0 Å².